The number of anilines is 1. The van der Waals surface area contributed by atoms with Crippen LogP contribution in [0.4, 0.5) is 5.95 Å². The third-order valence-corrected chi connectivity index (χ3v) is 4.43. The Labute approximate surface area is 147 Å². The maximum atomic E-state index is 4.80. The van der Waals surface area contributed by atoms with Gasteiger partial charge in [0.1, 0.15) is 0 Å². The van der Waals surface area contributed by atoms with Crippen molar-refractivity contribution in [3.63, 3.8) is 0 Å². The van der Waals surface area contributed by atoms with Crippen molar-refractivity contribution >= 4 is 12.0 Å². The van der Waals surface area contributed by atoms with Crippen molar-refractivity contribution in [1.29, 1.82) is 0 Å². The summed E-state index contributed by atoms with van der Waals surface area (Å²) in [5.74, 6) is 1.03. The minimum atomic E-state index is 0.343. The molecule has 4 rings (SSSR count). The summed E-state index contributed by atoms with van der Waals surface area (Å²) < 4.78 is 0. The number of nitrogens with zero attached hydrogens (tertiary/aromatic N) is 3. The number of benzene rings is 1. The molecule has 124 valence electrons. The molecule has 25 heavy (non-hydrogen) atoms. The Hall–Kier alpha value is -3.01. The summed E-state index contributed by atoms with van der Waals surface area (Å²) in [4.78, 5) is 13.7. The smallest absolute Gasteiger partial charge is 0.223 e. The summed E-state index contributed by atoms with van der Waals surface area (Å²) >= 11 is 0. The first-order valence-corrected chi connectivity index (χ1v) is 8.59. The first-order valence-electron chi connectivity index (χ1n) is 8.59. The highest BCUT2D eigenvalue weighted by Gasteiger charge is 2.20. The molecule has 0 bridgehead atoms. The Balaban J connectivity index is 1.53. The Morgan fingerprint density at radius 2 is 1.88 bits per heavy atom. The van der Waals surface area contributed by atoms with Crippen LogP contribution in [0.5, 0.6) is 0 Å². The van der Waals surface area contributed by atoms with Crippen molar-refractivity contribution in [3.8, 4) is 0 Å². The summed E-state index contributed by atoms with van der Waals surface area (Å²) in [6.45, 7) is 0.723. The van der Waals surface area contributed by atoms with Crippen molar-refractivity contribution in [2.75, 3.05) is 5.32 Å². The molecule has 0 aliphatic heterocycles. The van der Waals surface area contributed by atoms with Gasteiger partial charge in [-0.05, 0) is 30.5 Å². The second kappa shape index (κ2) is 7.26. The van der Waals surface area contributed by atoms with Gasteiger partial charge in [-0.2, -0.15) is 0 Å². The SMILES string of the molecule is C1=Cc2cnc(NCc3ccccc3)nc2[C@@H](Cc2ccccn2)C1. The lowest BCUT2D eigenvalue weighted by Gasteiger charge is -2.21. The zero-order chi connectivity index (χ0) is 16.9. The first-order chi connectivity index (χ1) is 12.4. The van der Waals surface area contributed by atoms with Crippen LogP contribution < -0.4 is 5.32 Å². The number of hydrogen-bond donors (Lipinski definition) is 1. The Bertz CT molecular complexity index is 860. The van der Waals surface area contributed by atoms with E-state index in [-0.39, 0.29) is 0 Å². The molecule has 0 fully saturated rings. The van der Waals surface area contributed by atoms with E-state index in [0.29, 0.717) is 11.9 Å². The normalized spacial score (nSPS) is 15.6. The van der Waals surface area contributed by atoms with Crippen LogP contribution >= 0.6 is 0 Å². The summed E-state index contributed by atoms with van der Waals surface area (Å²) in [6, 6.07) is 16.4. The topological polar surface area (TPSA) is 50.7 Å². The molecule has 1 aliphatic rings. The lowest BCUT2D eigenvalue weighted by Crippen LogP contribution is -2.13. The van der Waals surface area contributed by atoms with Gasteiger partial charge in [0, 0.05) is 36.1 Å². The van der Waals surface area contributed by atoms with Crippen LogP contribution in [0.2, 0.25) is 0 Å². The molecule has 1 aliphatic carbocycles. The van der Waals surface area contributed by atoms with Crippen LogP contribution in [0.15, 0.2) is 67.0 Å². The highest BCUT2D eigenvalue weighted by Crippen LogP contribution is 2.31. The number of fused-ring (bicyclic) bond motifs is 1. The molecule has 2 aromatic heterocycles. The minimum absolute atomic E-state index is 0.343. The van der Waals surface area contributed by atoms with Gasteiger partial charge >= 0.3 is 0 Å². The van der Waals surface area contributed by atoms with Gasteiger partial charge in [0.25, 0.3) is 0 Å². The quantitative estimate of drug-likeness (QED) is 0.761. The highest BCUT2D eigenvalue weighted by atomic mass is 15.1. The Morgan fingerprint density at radius 3 is 2.72 bits per heavy atom. The second-order valence-electron chi connectivity index (χ2n) is 6.23. The molecule has 1 atom stereocenters. The van der Waals surface area contributed by atoms with E-state index in [1.807, 2.05) is 42.7 Å². The van der Waals surface area contributed by atoms with Crippen LogP contribution in [0.25, 0.3) is 6.08 Å². The maximum absolute atomic E-state index is 4.80. The molecule has 4 nitrogen and oxygen atoms in total. The van der Waals surface area contributed by atoms with Gasteiger partial charge in [0.2, 0.25) is 5.95 Å². The van der Waals surface area contributed by atoms with Crippen molar-refractivity contribution in [2.45, 2.75) is 25.3 Å². The fourth-order valence-corrected chi connectivity index (χ4v) is 3.14. The third kappa shape index (κ3) is 3.74. The molecule has 1 N–H and O–H groups in total. The summed E-state index contributed by atoms with van der Waals surface area (Å²) in [6.07, 6.45) is 9.96. The molecular formula is C21H20N4. The summed E-state index contributed by atoms with van der Waals surface area (Å²) in [7, 11) is 0. The zero-order valence-corrected chi connectivity index (χ0v) is 14.0. The van der Waals surface area contributed by atoms with Gasteiger partial charge in [-0.1, -0.05) is 48.6 Å². The Morgan fingerprint density at radius 1 is 1.00 bits per heavy atom. The highest BCUT2D eigenvalue weighted by molar-refractivity contribution is 5.56. The molecule has 1 aromatic carbocycles. The molecule has 0 saturated heterocycles. The largest absolute Gasteiger partial charge is 0.350 e. The van der Waals surface area contributed by atoms with Crippen LogP contribution in [0, 0.1) is 0 Å². The molecular weight excluding hydrogens is 308 g/mol. The van der Waals surface area contributed by atoms with Crippen LogP contribution in [-0.4, -0.2) is 15.0 Å². The average molecular weight is 328 g/mol. The van der Waals surface area contributed by atoms with E-state index in [1.165, 1.54) is 5.56 Å². The number of hydrogen-bond acceptors (Lipinski definition) is 4. The monoisotopic (exact) mass is 328 g/mol. The number of aromatic nitrogens is 3. The van der Waals surface area contributed by atoms with Crippen LogP contribution in [0.3, 0.4) is 0 Å². The number of rotatable bonds is 5. The van der Waals surface area contributed by atoms with E-state index in [1.54, 1.807) is 0 Å². The zero-order valence-electron chi connectivity index (χ0n) is 14.0. The molecule has 0 radical (unpaired) electrons. The van der Waals surface area contributed by atoms with E-state index in [2.05, 4.69) is 45.6 Å². The standard InChI is InChI=1S/C21H20N4/c1-2-7-16(8-3-1)14-23-21-24-15-18-10-6-9-17(20(18)25-21)13-19-11-4-5-12-22-19/h1-8,10-12,15,17H,9,13-14H2,(H,23,24,25)/t17-/m1/s1. The lowest BCUT2D eigenvalue weighted by atomic mass is 9.88. The molecule has 0 saturated carbocycles. The third-order valence-electron chi connectivity index (χ3n) is 4.43. The van der Waals surface area contributed by atoms with Gasteiger partial charge in [-0.15, -0.1) is 0 Å². The maximum Gasteiger partial charge on any atom is 0.223 e. The van der Waals surface area contributed by atoms with Gasteiger partial charge < -0.3 is 5.32 Å². The van der Waals surface area contributed by atoms with Crippen LogP contribution in [-0.2, 0) is 13.0 Å². The van der Waals surface area contributed by atoms with E-state index in [4.69, 9.17) is 4.98 Å². The lowest BCUT2D eigenvalue weighted by molar-refractivity contribution is 0.652. The van der Waals surface area contributed by atoms with Gasteiger partial charge in [-0.25, -0.2) is 9.97 Å². The van der Waals surface area contributed by atoms with Gasteiger partial charge in [0.15, 0.2) is 0 Å². The minimum Gasteiger partial charge on any atom is -0.350 e. The predicted molar refractivity (Wildman–Crippen MR) is 100 cm³/mol. The van der Waals surface area contributed by atoms with E-state index in [0.717, 1.165) is 36.3 Å². The summed E-state index contributed by atoms with van der Waals surface area (Å²) in [5.41, 5.74) is 4.54. The average Bonchev–Trinajstić information content (AvgIpc) is 2.68. The molecule has 0 amide bonds. The Kier molecular flexibility index (Phi) is 4.51. The fourth-order valence-electron chi connectivity index (χ4n) is 3.14. The number of pyridine rings is 1. The van der Waals surface area contributed by atoms with E-state index >= 15 is 0 Å². The van der Waals surface area contributed by atoms with Crippen molar-refractivity contribution < 1.29 is 0 Å². The van der Waals surface area contributed by atoms with Crippen LogP contribution in [0.1, 0.15) is 34.9 Å². The predicted octanol–water partition coefficient (Wildman–Crippen LogP) is 4.23. The van der Waals surface area contributed by atoms with Crippen molar-refractivity contribution in [3.05, 3.63) is 89.5 Å². The fraction of sp³-hybridized carbons (Fsp3) is 0.190. The molecule has 0 unspecified atom stereocenters. The molecule has 2 heterocycles. The number of allylic oxidation sites excluding steroid dienone is 1. The molecule has 4 heteroatoms. The number of nitrogens with one attached hydrogen (secondary N) is 1. The molecule has 3 aromatic rings. The van der Waals surface area contributed by atoms with E-state index in [9.17, 15) is 0 Å². The molecule has 0 spiro atoms. The first kappa shape index (κ1) is 15.5. The van der Waals surface area contributed by atoms with Gasteiger partial charge in [0.05, 0.1) is 5.69 Å². The van der Waals surface area contributed by atoms with E-state index < -0.39 is 0 Å². The van der Waals surface area contributed by atoms with Gasteiger partial charge in [-0.3, -0.25) is 4.98 Å². The summed E-state index contributed by atoms with van der Waals surface area (Å²) in [5, 5.41) is 3.33. The van der Waals surface area contributed by atoms with Crippen molar-refractivity contribution in [2.24, 2.45) is 0 Å². The van der Waals surface area contributed by atoms with Crippen molar-refractivity contribution in [1.82, 2.24) is 15.0 Å². The second-order valence-corrected chi connectivity index (χ2v) is 6.23.